The van der Waals surface area contributed by atoms with Gasteiger partial charge in [-0.1, -0.05) is 0 Å². The molecule has 12 heavy (non-hydrogen) atoms. The lowest BCUT2D eigenvalue weighted by Crippen LogP contribution is -2.33. The van der Waals surface area contributed by atoms with Gasteiger partial charge in [-0.15, -0.1) is 11.3 Å². The molecule has 1 aromatic heterocycles. The summed E-state index contributed by atoms with van der Waals surface area (Å²) in [7, 11) is 1.80. The molecule has 1 rings (SSSR count). The largest absolute Gasteiger partial charge is 0.366 e. The summed E-state index contributed by atoms with van der Waals surface area (Å²) in [5, 5.41) is 8.63. The summed E-state index contributed by atoms with van der Waals surface area (Å²) >= 11 is 6.53. The Morgan fingerprint density at radius 3 is 3.17 bits per heavy atom. The number of thiocarbonyl (C=S) groups is 1. The van der Waals surface area contributed by atoms with E-state index < -0.39 is 0 Å². The third-order valence-electron chi connectivity index (χ3n) is 1.38. The summed E-state index contributed by atoms with van der Waals surface area (Å²) in [5.74, 6) is 0. The van der Waals surface area contributed by atoms with Crippen LogP contribution in [0.15, 0.2) is 10.9 Å². The van der Waals surface area contributed by atoms with Crippen LogP contribution >= 0.6 is 23.6 Å². The third kappa shape index (κ3) is 3.15. The van der Waals surface area contributed by atoms with E-state index in [9.17, 15) is 0 Å². The Bertz CT molecular complexity index is 233. The number of aromatic nitrogens is 1. The highest BCUT2D eigenvalue weighted by Crippen LogP contribution is 2.00. The first-order valence-corrected chi connectivity index (χ1v) is 5.00. The minimum Gasteiger partial charge on any atom is -0.366 e. The maximum absolute atomic E-state index is 4.91. The Kier molecular flexibility index (Phi) is 3.96. The first kappa shape index (κ1) is 9.41. The molecule has 1 heterocycles. The molecule has 0 atom stereocenters. The van der Waals surface area contributed by atoms with Gasteiger partial charge in [-0.2, -0.15) is 0 Å². The summed E-state index contributed by atoms with van der Waals surface area (Å²) in [5.41, 5.74) is 2.96. The van der Waals surface area contributed by atoms with Crippen molar-refractivity contribution in [1.29, 1.82) is 0 Å². The van der Waals surface area contributed by atoms with Crippen LogP contribution in [0.1, 0.15) is 5.69 Å². The normalized spacial score (nSPS) is 9.42. The van der Waals surface area contributed by atoms with Crippen molar-refractivity contribution in [3.63, 3.8) is 0 Å². The Balaban J connectivity index is 2.15. The highest BCUT2D eigenvalue weighted by molar-refractivity contribution is 7.80. The van der Waals surface area contributed by atoms with Crippen molar-refractivity contribution in [1.82, 2.24) is 15.6 Å². The van der Waals surface area contributed by atoms with E-state index in [4.69, 9.17) is 12.2 Å². The lowest BCUT2D eigenvalue weighted by Gasteiger charge is -2.04. The monoisotopic (exact) mass is 201 g/mol. The molecule has 1 aromatic rings. The van der Waals surface area contributed by atoms with Gasteiger partial charge in [-0.05, 0) is 12.2 Å². The van der Waals surface area contributed by atoms with E-state index in [0.717, 1.165) is 18.7 Å². The average Bonchev–Trinajstić information content (AvgIpc) is 2.57. The number of thiazole rings is 1. The van der Waals surface area contributed by atoms with E-state index in [-0.39, 0.29) is 0 Å². The molecule has 0 aromatic carbocycles. The Morgan fingerprint density at radius 2 is 2.58 bits per heavy atom. The van der Waals surface area contributed by atoms with Crippen LogP contribution in [0, 0.1) is 0 Å². The average molecular weight is 201 g/mol. The lowest BCUT2D eigenvalue weighted by atomic mass is 10.3. The molecule has 5 heteroatoms. The van der Waals surface area contributed by atoms with E-state index >= 15 is 0 Å². The molecule has 0 radical (unpaired) electrons. The lowest BCUT2D eigenvalue weighted by molar-refractivity contribution is 0.835. The molecule has 66 valence electrons. The molecule has 0 fully saturated rings. The minimum absolute atomic E-state index is 0.685. The van der Waals surface area contributed by atoms with Gasteiger partial charge in [0.05, 0.1) is 11.2 Å². The van der Waals surface area contributed by atoms with Crippen molar-refractivity contribution in [2.24, 2.45) is 0 Å². The highest BCUT2D eigenvalue weighted by Gasteiger charge is 1.94. The van der Waals surface area contributed by atoms with Gasteiger partial charge < -0.3 is 10.6 Å². The number of nitrogens with zero attached hydrogens (tertiary/aromatic N) is 1. The molecule has 0 aliphatic heterocycles. The summed E-state index contributed by atoms with van der Waals surface area (Å²) < 4.78 is 0. The summed E-state index contributed by atoms with van der Waals surface area (Å²) in [6.07, 6.45) is 0.922. The zero-order valence-corrected chi connectivity index (χ0v) is 8.47. The maximum atomic E-state index is 4.91. The highest BCUT2D eigenvalue weighted by atomic mass is 32.1. The molecular formula is C7H11N3S2. The van der Waals surface area contributed by atoms with Gasteiger partial charge in [0, 0.05) is 25.4 Å². The number of hydrogen-bond donors (Lipinski definition) is 2. The fraction of sp³-hybridized carbons (Fsp3) is 0.429. The molecule has 2 N–H and O–H groups in total. The molecule has 0 aliphatic rings. The van der Waals surface area contributed by atoms with E-state index in [1.165, 1.54) is 0 Å². The quantitative estimate of drug-likeness (QED) is 0.709. The minimum atomic E-state index is 0.685. The van der Waals surface area contributed by atoms with Crippen LogP contribution < -0.4 is 10.6 Å². The summed E-state index contributed by atoms with van der Waals surface area (Å²) in [6.45, 7) is 0.837. The number of nitrogens with one attached hydrogen (secondary N) is 2. The number of hydrogen-bond acceptors (Lipinski definition) is 3. The van der Waals surface area contributed by atoms with Gasteiger partial charge in [0.15, 0.2) is 5.11 Å². The predicted molar refractivity (Wildman–Crippen MR) is 55.5 cm³/mol. The van der Waals surface area contributed by atoms with Crippen LogP contribution in [0.25, 0.3) is 0 Å². The molecule has 0 bridgehead atoms. The van der Waals surface area contributed by atoms with E-state index in [1.54, 1.807) is 18.4 Å². The number of rotatable bonds is 3. The molecule has 3 nitrogen and oxygen atoms in total. The van der Waals surface area contributed by atoms with Gasteiger partial charge in [-0.25, -0.2) is 4.98 Å². The maximum Gasteiger partial charge on any atom is 0.166 e. The zero-order valence-electron chi connectivity index (χ0n) is 6.83. The molecule has 0 aliphatic carbocycles. The fourth-order valence-electron chi connectivity index (χ4n) is 0.753. The molecule has 0 saturated carbocycles. The van der Waals surface area contributed by atoms with Crippen LogP contribution in [0.5, 0.6) is 0 Å². The van der Waals surface area contributed by atoms with Crippen molar-refractivity contribution in [2.75, 3.05) is 13.6 Å². The Morgan fingerprint density at radius 1 is 1.75 bits per heavy atom. The Hall–Kier alpha value is -0.680. The third-order valence-corrected chi connectivity index (χ3v) is 2.36. The van der Waals surface area contributed by atoms with Crippen molar-refractivity contribution >= 4 is 28.7 Å². The van der Waals surface area contributed by atoms with Gasteiger partial charge in [0.1, 0.15) is 0 Å². The molecule has 0 saturated heterocycles. The standard InChI is InChI=1S/C7H11N3S2/c1-8-7(11)9-3-2-6-4-12-5-10-6/h4-5H,2-3H2,1H3,(H2,8,9,11). The van der Waals surface area contributed by atoms with E-state index in [1.807, 2.05) is 10.9 Å². The van der Waals surface area contributed by atoms with Crippen LogP contribution in [0.2, 0.25) is 0 Å². The summed E-state index contributed by atoms with van der Waals surface area (Å²) in [4.78, 5) is 4.15. The second-order valence-electron chi connectivity index (χ2n) is 2.24. The molecular weight excluding hydrogens is 190 g/mol. The van der Waals surface area contributed by atoms with Crippen LogP contribution in [-0.2, 0) is 6.42 Å². The van der Waals surface area contributed by atoms with Gasteiger partial charge in [0.2, 0.25) is 0 Å². The second kappa shape index (κ2) is 5.05. The first-order valence-electron chi connectivity index (χ1n) is 3.65. The van der Waals surface area contributed by atoms with Gasteiger partial charge in [0.25, 0.3) is 0 Å². The van der Waals surface area contributed by atoms with Gasteiger partial charge in [-0.3, -0.25) is 0 Å². The SMILES string of the molecule is CNC(=S)NCCc1cscn1. The van der Waals surface area contributed by atoms with E-state index in [2.05, 4.69) is 15.6 Å². The second-order valence-corrected chi connectivity index (χ2v) is 3.36. The zero-order chi connectivity index (χ0) is 8.81. The van der Waals surface area contributed by atoms with Crippen LogP contribution in [-0.4, -0.2) is 23.7 Å². The summed E-state index contributed by atoms with van der Waals surface area (Å²) in [6, 6.07) is 0. The van der Waals surface area contributed by atoms with E-state index in [0.29, 0.717) is 5.11 Å². The molecule has 0 amide bonds. The Labute approximate surface area is 81.2 Å². The topological polar surface area (TPSA) is 37.0 Å². The molecule has 0 spiro atoms. The van der Waals surface area contributed by atoms with Crippen molar-refractivity contribution < 1.29 is 0 Å². The first-order chi connectivity index (χ1) is 5.83. The van der Waals surface area contributed by atoms with Gasteiger partial charge >= 0.3 is 0 Å². The molecule has 0 unspecified atom stereocenters. The van der Waals surface area contributed by atoms with Crippen molar-refractivity contribution in [3.8, 4) is 0 Å². The smallest absolute Gasteiger partial charge is 0.166 e. The fourth-order valence-corrected chi connectivity index (χ4v) is 1.45. The van der Waals surface area contributed by atoms with Crippen molar-refractivity contribution in [2.45, 2.75) is 6.42 Å². The van der Waals surface area contributed by atoms with Crippen LogP contribution in [0.4, 0.5) is 0 Å². The van der Waals surface area contributed by atoms with Crippen molar-refractivity contribution in [3.05, 3.63) is 16.6 Å². The predicted octanol–water partition coefficient (Wildman–Crippen LogP) is 0.779. The van der Waals surface area contributed by atoms with Crippen LogP contribution in [0.3, 0.4) is 0 Å².